The lowest BCUT2D eigenvalue weighted by Gasteiger charge is -2.18. The zero-order valence-corrected chi connectivity index (χ0v) is 10.8. The second kappa shape index (κ2) is 6.81. The second-order valence-corrected chi connectivity index (χ2v) is 4.77. The van der Waals surface area contributed by atoms with E-state index in [1.807, 2.05) is 0 Å². The fraction of sp³-hybridized carbons (Fsp3) is 0.385. The van der Waals surface area contributed by atoms with Gasteiger partial charge in [0.2, 0.25) is 0 Å². The molecule has 1 rings (SSSR count). The van der Waals surface area contributed by atoms with Crippen molar-refractivity contribution < 1.29 is 0 Å². The molecular weight excluding hydrogens is 250 g/mol. The summed E-state index contributed by atoms with van der Waals surface area (Å²) in [6.07, 6.45) is 2.34. The van der Waals surface area contributed by atoms with Crippen LogP contribution in [0.2, 0.25) is 0 Å². The lowest BCUT2D eigenvalue weighted by Crippen LogP contribution is -2.22. The van der Waals surface area contributed by atoms with Gasteiger partial charge in [0.15, 0.2) is 0 Å². The molecule has 0 aliphatic rings. The lowest BCUT2D eigenvalue weighted by atomic mass is 10.0. The first-order valence-corrected chi connectivity index (χ1v) is 6.15. The highest BCUT2D eigenvalue weighted by molar-refractivity contribution is 9.11. The minimum Gasteiger partial charge on any atom is -0.305 e. The van der Waals surface area contributed by atoms with Gasteiger partial charge < -0.3 is 5.32 Å². The van der Waals surface area contributed by atoms with Gasteiger partial charge in [0.1, 0.15) is 0 Å². The molecule has 0 aliphatic heterocycles. The molecule has 1 aromatic carbocycles. The van der Waals surface area contributed by atoms with Crippen LogP contribution in [0, 0.1) is 0 Å². The summed E-state index contributed by atoms with van der Waals surface area (Å²) in [5, 5.41) is 3.49. The molecule has 1 aromatic rings. The maximum absolute atomic E-state index is 3.84. The normalized spacial score (nSPS) is 12.4. The van der Waals surface area contributed by atoms with Gasteiger partial charge in [-0.05, 0) is 12.0 Å². The molecule has 0 aliphatic carbocycles. The van der Waals surface area contributed by atoms with Crippen LogP contribution >= 0.6 is 15.9 Å². The molecule has 0 saturated carbocycles. The van der Waals surface area contributed by atoms with Gasteiger partial charge in [-0.15, -0.1) is 0 Å². The Morgan fingerprint density at radius 1 is 1.40 bits per heavy atom. The predicted octanol–water partition coefficient (Wildman–Crippen LogP) is 4.03. The van der Waals surface area contributed by atoms with Crippen LogP contribution in [0.1, 0.15) is 31.4 Å². The van der Waals surface area contributed by atoms with Crippen LogP contribution < -0.4 is 5.32 Å². The third-order valence-corrected chi connectivity index (χ3v) is 2.60. The number of hydrogen-bond acceptors (Lipinski definition) is 1. The summed E-state index contributed by atoms with van der Waals surface area (Å²) in [5.74, 6) is 0. The monoisotopic (exact) mass is 267 g/mol. The predicted molar refractivity (Wildman–Crippen MR) is 70.2 cm³/mol. The largest absolute Gasteiger partial charge is 0.305 e. The van der Waals surface area contributed by atoms with Crippen molar-refractivity contribution in [2.75, 3.05) is 6.54 Å². The van der Waals surface area contributed by atoms with E-state index in [0.29, 0.717) is 6.04 Å². The molecule has 2 heteroatoms. The molecule has 82 valence electrons. The SMILES string of the molecule is C=C(Br)CNC(CCC)c1ccccc1. The van der Waals surface area contributed by atoms with Gasteiger partial charge in [0, 0.05) is 17.1 Å². The highest BCUT2D eigenvalue weighted by Gasteiger charge is 2.08. The first-order chi connectivity index (χ1) is 7.24. The Morgan fingerprint density at radius 2 is 2.07 bits per heavy atom. The first kappa shape index (κ1) is 12.5. The molecule has 1 nitrogen and oxygen atoms in total. The number of rotatable bonds is 6. The highest BCUT2D eigenvalue weighted by Crippen LogP contribution is 2.18. The molecule has 0 spiro atoms. The fourth-order valence-electron chi connectivity index (χ4n) is 1.59. The van der Waals surface area contributed by atoms with E-state index in [1.54, 1.807) is 0 Å². The van der Waals surface area contributed by atoms with E-state index in [0.717, 1.165) is 17.4 Å². The highest BCUT2D eigenvalue weighted by atomic mass is 79.9. The van der Waals surface area contributed by atoms with Crippen LogP contribution in [-0.2, 0) is 0 Å². The second-order valence-electron chi connectivity index (χ2n) is 3.65. The summed E-state index contributed by atoms with van der Waals surface area (Å²) in [7, 11) is 0. The molecule has 1 unspecified atom stereocenters. The smallest absolute Gasteiger partial charge is 0.0323 e. The molecule has 0 aromatic heterocycles. The minimum atomic E-state index is 0.436. The fourth-order valence-corrected chi connectivity index (χ4v) is 1.76. The standard InChI is InChI=1S/C13H18BrN/c1-3-7-13(15-10-11(2)14)12-8-5-4-6-9-12/h4-6,8-9,13,15H,2-3,7,10H2,1H3. The number of benzene rings is 1. The zero-order valence-electron chi connectivity index (χ0n) is 9.17. The van der Waals surface area contributed by atoms with Crippen LogP contribution in [0.3, 0.4) is 0 Å². The van der Waals surface area contributed by atoms with E-state index in [4.69, 9.17) is 0 Å². The molecule has 15 heavy (non-hydrogen) atoms. The van der Waals surface area contributed by atoms with E-state index in [1.165, 1.54) is 12.0 Å². The molecule has 1 atom stereocenters. The van der Waals surface area contributed by atoms with Crippen molar-refractivity contribution in [2.24, 2.45) is 0 Å². The van der Waals surface area contributed by atoms with Crippen molar-refractivity contribution in [2.45, 2.75) is 25.8 Å². The Labute approximate surface area is 101 Å². The summed E-state index contributed by atoms with van der Waals surface area (Å²) in [4.78, 5) is 0. The van der Waals surface area contributed by atoms with E-state index < -0.39 is 0 Å². The molecule has 0 bridgehead atoms. The third kappa shape index (κ3) is 4.63. The van der Waals surface area contributed by atoms with Gasteiger partial charge in [-0.3, -0.25) is 0 Å². The van der Waals surface area contributed by atoms with Crippen molar-refractivity contribution in [3.8, 4) is 0 Å². The third-order valence-electron chi connectivity index (χ3n) is 2.32. The van der Waals surface area contributed by atoms with E-state index in [9.17, 15) is 0 Å². The average molecular weight is 268 g/mol. The summed E-state index contributed by atoms with van der Waals surface area (Å²) >= 11 is 3.37. The zero-order chi connectivity index (χ0) is 11.1. The Bertz CT molecular complexity index is 295. The van der Waals surface area contributed by atoms with Crippen molar-refractivity contribution >= 4 is 15.9 Å². The number of halogens is 1. The number of hydrogen-bond donors (Lipinski definition) is 1. The molecule has 0 saturated heterocycles. The lowest BCUT2D eigenvalue weighted by molar-refractivity contribution is 0.520. The maximum atomic E-state index is 3.84. The Kier molecular flexibility index (Phi) is 5.66. The average Bonchev–Trinajstić information content (AvgIpc) is 2.25. The summed E-state index contributed by atoms with van der Waals surface area (Å²) in [5.41, 5.74) is 1.35. The van der Waals surface area contributed by atoms with Crippen molar-refractivity contribution in [3.63, 3.8) is 0 Å². The van der Waals surface area contributed by atoms with Gasteiger partial charge in [0.25, 0.3) is 0 Å². The van der Waals surface area contributed by atoms with Crippen LogP contribution in [0.5, 0.6) is 0 Å². The molecule has 0 amide bonds. The quantitative estimate of drug-likeness (QED) is 0.821. The van der Waals surface area contributed by atoms with Crippen LogP contribution in [0.15, 0.2) is 41.4 Å². The minimum absolute atomic E-state index is 0.436. The van der Waals surface area contributed by atoms with Crippen LogP contribution in [0.25, 0.3) is 0 Å². The van der Waals surface area contributed by atoms with Crippen LogP contribution in [0.4, 0.5) is 0 Å². The van der Waals surface area contributed by atoms with Gasteiger partial charge in [0.05, 0.1) is 0 Å². The summed E-state index contributed by atoms with van der Waals surface area (Å²) < 4.78 is 1.000. The molecule has 0 radical (unpaired) electrons. The molecule has 1 N–H and O–H groups in total. The van der Waals surface area contributed by atoms with E-state index >= 15 is 0 Å². The molecular formula is C13H18BrN. The van der Waals surface area contributed by atoms with E-state index in [-0.39, 0.29) is 0 Å². The van der Waals surface area contributed by atoms with E-state index in [2.05, 4.69) is 65.1 Å². The van der Waals surface area contributed by atoms with Crippen molar-refractivity contribution in [1.29, 1.82) is 0 Å². The van der Waals surface area contributed by atoms with Crippen LogP contribution in [-0.4, -0.2) is 6.54 Å². The Morgan fingerprint density at radius 3 is 2.60 bits per heavy atom. The summed E-state index contributed by atoms with van der Waals surface area (Å²) in [6, 6.07) is 11.0. The van der Waals surface area contributed by atoms with Gasteiger partial charge >= 0.3 is 0 Å². The first-order valence-electron chi connectivity index (χ1n) is 5.35. The molecule has 0 heterocycles. The Hall–Kier alpha value is -0.600. The Balaban J connectivity index is 2.61. The van der Waals surface area contributed by atoms with Gasteiger partial charge in [-0.2, -0.15) is 0 Å². The van der Waals surface area contributed by atoms with Gasteiger partial charge in [-0.1, -0.05) is 66.2 Å². The van der Waals surface area contributed by atoms with Crippen molar-refractivity contribution in [1.82, 2.24) is 5.32 Å². The topological polar surface area (TPSA) is 12.0 Å². The molecule has 0 fully saturated rings. The van der Waals surface area contributed by atoms with Gasteiger partial charge in [-0.25, -0.2) is 0 Å². The maximum Gasteiger partial charge on any atom is 0.0323 e. The summed E-state index contributed by atoms with van der Waals surface area (Å²) in [6.45, 7) is 6.86. The number of nitrogens with one attached hydrogen (secondary N) is 1. The van der Waals surface area contributed by atoms with Crippen molar-refractivity contribution in [3.05, 3.63) is 47.0 Å².